The second kappa shape index (κ2) is 5.56. The van der Waals surface area contributed by atoms with Gasteiger partial charge in [0.1, 0.15) is 0 Å². The fourth-order valence-corrected chi connectivity index (χ4v) is 3.09. The molecular formula is C12H16N2O4S. The smallest absolute Gasteiger partial charge is 0.357 e. The van der Waals surface area contributed by atoms with E-state index in [1.807, 2.05) is 11.8 Å². The summed E-state index contributed by atoms with van der Waals surface area (Å²) in [5.74, 6) is -1.59. The number of carbonyl (C=O) groups excluding carboxylic acids is 1. The third-order valence-corrected chi connectivity index (χ3v) is 4.24. The number of piperidine rings is 1. The molecule has 104 valence electrons. The Labute approximate surface area is 115 Å². The Bertz CT molecular complexity index is 500. The summed E-state index contributed by atoms with van der Waals surface area (Å²) >= 11 is 1.40. The maximum Gasteiger partial charge on any atom is 0.357 e. The molecule has 1 saturated heterocycles. The average Bonchev–Trinajstić information content (AvgIpc) is 2.80. The maximum absolute atomic E-state index is 11.5. The first-order chi connectivity index (χ1) is 9.02. The standard InChI is InChI=1S/C12H16N2O4S/c1-7-9(11(17)18-2)13-12(19-7)14-5-3-4-8(6-14)10(15)16/h8H,3-6H2,1-2H3,(H,15,16). The fraction of sp³-hybridized carbons (Fsp3) is 0.583. The van der Waals surface area contributed by atoms with Crippen molar-refractivity contribution < 1.29 is 19.4 Å². The van der Waals surface area contributed by atoms with E-state index in [1.165, 1.54) is 18.4 Å². The molecule has 1 aliphatic rings. The molecule has 1 aromatic heterocycles. The van der Waals surface area contributed by atoms with Crippen molar-refractivity contribution >= 4 is 28.4 Å². The number of hydrogen-bond donors (Lipinski definition) is 1. The number of hydrogen-bond acceptors (Lipinski definition) is 6. The van der Waals surface area contributed by atoms with Crippen molar-refractivity contribution in [1.29, 1.82) is 0 Å². The predicted molar refractivity (Wildman–Crippen MR) is 70.8 cm³/mol. The lowest BCUT2D eigenvalue weighted by molar-refractivity contribution is -0.141. The van der Waals surface area contributed by atoms with Gasteiger partial charge in [-0.15, -0.1) is 11.3 Å². The first kappa shape index (κ1) is 13.8. The van der Waals surface area contributed by atoms with Crippen LogP contribution >= 0.6 is 11.3 Å². The monoisotopic (exact) mass is 284 g/mol. The quantitative estimate of drug-likeness (QED) is 0.848. The molecule has 0 radical (unpaired) electrons. The first-order valence-electron chi connectivity index (χ1n) is 6.06. The molecule has 0 spiro atoms. The van der Waals surface area contributed by atoms with Gasteiger partial charge in [0, 0.05) is 18.0 Å². The third kappa shape index (κ3) is 2.86. The molecule has 19 heavy (non-hydrogen) atoms. The number of carbonyl (C=O) groups is 2. The Morgan fingerprint density at radius 2 is 2.26 bits per heavy atom. The van der Waals surface area contributed by atoms with E-state index in [4.69, 9.17) is 5.11 Å². The molecule has 1 aliphatic heterocycles. The van der Waals surface area contributed by atoms with Crippen LogP contribution in [-0.4, -0.2) is 42.2 Å². The van der Waals surface area contributed by atoms with E-state index in [-0.39, 0.29) is 5.92 Å². The van der Waals surface area contributed by atoms with Crippen LogP contribution in [0.3, 0.4) is 0 Å². The molecule has 6 nitrogen and oxygen atoms in total. The summed E-state index contributed by atoms with van der Waals surface area (Å²) in [5.41, 5.74) is 0.319. The van der Waals surface area contributed by atoms with Crippen molar-refractivity contribution in [1.82, 2.24) is 4.98 Å². The van der Waals surface area contributed by atoms with Crippen LogP contribution in [0.4, 0.5) is 5.13 Å². The number of methoxy groups -OCH3 is 1. The molecule has 0 aliphatic carbocycles. The summed E-state index contributed by atoms with van der Waals surface area (Å²) in [6.45, 7) is 3.03. The highest BCUT2D eigenvalue weighted by molar-refractivity contribution is 7.15. The van der Waals surface area contributed by atoms with Gasteiger partial charge in [-0.2, -0.15) is 0 Å². The van der Waals surface area contributed by atoms with Gasteiger partial charge in [0.05, 0.1) is 13.0 Å². The van der Waals surface area contributed by atoms with Crippen molar-refractivity contribution in [2.45, 2.75) is 19.8 Å². The highest BCUT2D eigenvalue weighted by Gasteiger charge is 2.28. The minimum atomic E-state index is -0.772. The van der Waals surface area contributed by atoms with Crippen LogP contribution in [0.25, 0.3) is 0 Å². The Balaban J connectivity index is 2.18. The zero-order valence-corrected chi connectivity index (χ0v) is 11.7. The van der Waals surface area contributed by atoms with E-state index in [2.05, 4.69) is 9.72 Å². The summed E-state index contributed by atoms with van der Waals surface area (Å²) < 4.78 is 4.67. The molecule has 0 bridgehead atoms. The van der Waals surface area contributed by atoms with Gasteiger partial charge >= 0.3 is 11.9 Å². The zero-order valence-electron chi connectivity index (χ0n) is 10.9. The molecule has 1 fully saturated rings. The van der Waals surface area contributed by atoms with E-state index >= 15 is 0 Å². The Kier molecular flexibility index (Phi) is 4.04. The molecule has 0 saturated carbocycles. The van der Waals surface area contributed by atoms with Crippen molar-refractivity contribution in [3.05, 3.63) is 10.6 Å². The summed E-state index contributed by atoms with van der Waals surface area (Å²) in [6, 6.07) is 0. The second-order valence-corrected chi connectivity index (χ2v) is 5.70. The van der Waals surface area contributed by atoms with Gasteiger partial charge in [-0.1, -0.05) is 0 Å². The maximum atomic E-state index is 11.5. The van der Waals surface area contributed by atoms with E-state index in [9.17, 15) is 9.59 Å². The number of carboxylic acids is 1. The van der Waals surface area contributed by atoms with Gasteiger partial charge < -0.3 is 14.7 Å². The lowest BCUT2D eigenvalue weighted by atomic mass is 9.99. The number of aliphatic carboxylic acids is 1. The molecule has 0 amide bonds. The number of rotatable bonds is 3. The number of aryl methyl sites for hydroxylation is 1. The van der Waals surface area contributed by atoms with Crippen LogP contribution in [0.1, 0.15) is 28.2 Å². The molecule has 2 heterocycles. The summed E-state index contributed by atoms with van der Waals surface area (Å²) in [4.78, 5) is 29.6. The lowest BCUT2D eigenvalue weighted by Gasteiger charge is -2.30. The topological polar surface area (TPSA) is 79.7 Å². The van der Waals surface area contributed by atoms with E-state index in [0.717, 1.165) is 17.8 Å². The van der Waals surface area contributed by atoms with Crippen LogP contribution in [0, 0.1) is 12.8 Å². The number of esters is 1. The number of aromatic nitrogens is 1. The van der Waals surface area contributed by atoms with Gasteiger partial charge in [0.25, 0.3) is 0 Å². The Morgan fingerprint density at radius 1 is 1.53 bits per heavy atom. The molecule has 1 atom stereocenters. The van der Waals surface area contributed by atoms with Gasteiger partial charge in [-0.25, -0.2) is 9.78 Å². The van der Waals surface area contributed by atoms with E-state index in [1.54, 1.807) is 0 Å². The average molecular weight is 284 g/mol. The summed E-state index contributed by atoms with van der Waals surface area (Å²) in [6.07, 6.45) is 1.52. The molecule has 7 heteroatoms. The van der Waals surface area contributed by atoms with Crippen molar-refractivity contribution in [2.75, 3.05) is 25.1 Å². The highest BCUT2D eigenvalue weighted by Crippen LogP contribution is 2.29. The van der Waals surface area contributed by atoms with Crippen molar-refractivity contribution in [3.63, 3.8) is 0 Å². The number of carboxylic acid groups (broad SMARTS) is 1. The summed E-state index contributed by atoms with van der Waals surface area (Å²) in [7, 11) is 1.32. The Morgan fingerprint density at radius 3 is 2.89 bits per heavy atom. The van der Waals surface area contributed by atoms with E-state index < -0.39 is 11.9 Å². The van der Waals surface area contributed by atoms with Gasteiger partial charge in [0.2, 0.25) is 0 Å². The molecule has 1 unspecified atom stereocenters. The predicted octanol–water partition coefficient (Wildman–Crippen LogP) is 1.54. The van der Waals surface area contributed by atoms with Gasteiger partial charge in [-0.3, -0.25) is 4.79 Å². The first-order valence-corrected chi connectivity index (χ1v) is 6.88. The molecule has 2 rings (SSSR count). The van der Waals surface area contributed by atoms with Crippen LogP contribution in [0.15, 0.2) is 0 Å². The number of anilines is 1. The minimum Gasteiger partial charge on any atom is -0.481 e. The second-order valence-electron chi connectivity index (χ2n) is 4.52. The van der Waals surface area contributed by atoms with Crippen LogP contribution in [0.2, 0.25) is 0 Å². The number of ether oxygens (including phenoxy) is 1. The zero-order chi connectivity index (χ0) is 14.0. The third-order valence-electron chi connectivity index (χ3n) is 3.21. The number of thiazole rings is 1. The normalized spacial score (nSPS) is 19.3. The van der Waals surface area contributed by atoms with Crippen molar-refractivity contribution in [3.8, 4) is 0 Å². The van der Waals surface area contributed by atoms with Crippen LogP contribution in [-0.2, 0) is 9.53 Å². The van der Waals surface area contributed by atoms with Crippen LogP contribution in [0.5, 0.6) is 0 Å². The fourth-order valence-electron chi connectivity index (χ4n) is 2.16. The van der Waals surface area contributed by atoms with Crippen molar-refractivity contribution in [2.24, 2.45) is 5.92 Å². The van der Waals surface area contributed by atoms with Gasteiger partial charge in [-0.05, 0) is 19.8 Å². The minimum absolute atomic E-state index is 0.319. The van der Waals surface area contributed by atoms with E-state index in [0.29, 0.717) is 23.8 Å². The highest BCUT2D eigenvalue weighted by atomic mass is 32.1. The van der Waals surface area contributed by atoms with Crippen LogP contribution < -0.4 is 4.90 Å². The molecule has 1 aromatic rings. The molecule has 0 aromatic carbocycles. The summed E-state index contributed by atoms with van der Waals surface area (Å²) in [5, 5.41) is 9.77. The molecule has 1 N–H and O–H groups in total. The van der Waals surface area contributed by atoms with Gasteiger partial charge in [0.15, 0.2) is 10.8 Å². The Hall–Kier alpha value is -1.63. The lowest BCUT2D eigenvalue weighted by Crippen LogP contribution is -2.38. The number of nitrogens with zero attached hydrogens (tertiary/aromatic N) is 2. The largest absolute Gasteiger partial charge is 0.481 e. The SMILES string of the molecule is COC(=O)c1nc(N2CCCC(C(=O)O)C2)sc1C. The molecular weight excluding hydrogens is 268 g/mol.